The fourth-order valence-electron chi connectivity index (χ4n) is 3.43. The van der Waals surface area contributed by atoms with Gasteiger partial charge in [0.15, 0.2) is 0 Å². The van der Waals surface area contributed by atoms with Crippen molar-refractivity contribution in [3.8, 4) is 0 Å². The Balaban J connectivity index is 1.98. The van der Waals surface area contributed by atoms with E-state index in [4.69, 9.17) is 4.74 Å². The lowest BCUT2D eigenvalue weighted by atomic mass is 10.1. The second-order valence-electron chi connectivity index (χ2n) is 7.00. The SMILES string of the molecule is CCCCCCCCCCCC/C=C\[C@@H]1CCCN1C(=O)OCC. The molecule has 3 nitrogen and oxygen atoms in total. The van der Waals surface area contributed by atoms with Gasteiger partial charge in [0.25, 0.3) is 0 Å². The first kappa shape index (κ1) is 21.1. The molecule has 1 rings (SSSR count). The molecule has 1 heterocycles. The summed E-state index contributed by atoms with van der Waals surface area (Å²) < 4.78 is 5.12. The molecule has 140 valence electrons. The van der Waals surface area contributed by atoms with Gasteiger partial charge >= 0.3 is 6.09 Å². The molecule has 0 aromatic rings. The van der Waals surface area contributed by atoms with E-state index in [1.54, 1.807) is 0 Å². The molecule has 0 radical (unpaired) electrons. The Bertz CT molecular complexity index is 341. The summed E-state index contributed by atoms with van der Waals surface area (Å²) in [4.78, 5) is 13.7. The first-order valence-corrected chi connectivity index (χ1v) is 10.4. The zero-order valence-electron chi connectivity index (χ0n) is 16.1. The molecule has 1 amide bonds. The van der Waals surface area contributed by atoms with Crippen molar-refractivity contribution < 1.29 is 9.53 Å². The summed E-state index contributed by atoms with van der Waals surface area (Å²) in [6.07, 6.45) is 21.5. The van der Waals surface area contributed by atoms with Crippen LogP contribution in [0.15, 0.2) is 12.2 Å². The van der Waals surface area contributed by atoms with Crippen molar-refractivity contribution in [2.45, 2.75) is 103 Å². The predicted octanol–water partition coefficient (Wildman–Crippen LogP) is 6.47. The Kier molecular flexibility index (Phi) is 12.6. The van der Waals surface area contributed by atoms with E-state index in [1.807, 2.05) is 11.8 Å². The number of rotatable bonds is 13. The Morgan fingerprint density at radius 2 is 1.62 bits per heavy atom. The maximum absolute atomic E-state index is 11.8. The molecule has 1 fully saturated rings. The van der Waals surface area contributed by atoms with Crippen LogP contribution in [0.1, 0.15) is 97.3 Å². The van der Waals surface area contributed by atoms with Crippen molar-refractivity contribution in [1.82, 2.24) is 4.90 Å². The molecule has 0 aliphatic carbocycles. The van der Waals surface area contributed by atoms with Gasteiger partial charge < -0.3 is 9.64 Å². The van der Waals surface area contributed by atoms with E-state index in [0.717, 1.165) is 25.8 Å². The normalized spacial score (nSPS) is 17.8. The number of ether oxygens (including phenoxy) is 1. The van der Waals surface area contributed by atoms with Gasteiger partial charge in [-0.2, -0.15) is 0 Å². The van der Waals surface area contributed by atoms with Crippen LogP contribution in [-0.4, -0.2) is 30.2 Å². The maximum atomic E-state index is 11.8. The minimum atomic E-state index is -0.149. The highest BCUT2D eigenvalue weighted by Crippen LogP contribution is 2.20. The fraction of sp³-hybridized carbons (Fsp3) is 0.857. The third-order valence-electron chi connectivity index (χ3n) is 4.88. The number of carbonyl (C=O) groups is 1. The van der Waals surface area contributed by atoms with Crippen molar-refractivity contribution >= 4 is 6.09 Å². The van der Waals surface area contributed by atoms with Crippen LogP contribution in [0, 0.1) is 0 Å². The van der Waals surface area contributed by atoms with Gasteiger partial charge in [0.05, 0.1) is 12.6 Å². The first-order valence-electron chi connectivity index (χ1n) is 10.4. The van der Waals surface area contributed by atoms with Gasteiger partial charge in [0.1, 0.15) is 0 Å². The number of unbranched alkanes of at least 4 members (excludes halogenated alkanes) is 10. The molecular formula is C21H39NO2. The standard InChI is InChI=1S/C21H39NO2/c1-3-5-6-7-8-9-10-11-12-13-14-15-17-20-18-16-19-22(20)21(23)24-4-2/h15,17,20H,3-14,16,18-19H2,1-2H3/b17-15-/t20-/m1/s1. The maximum Gasteiger partial charge on any atom is 0.410 e. The van der Waals surface area contributed by atoms with Crippen molar-refractivity contribution in [3.05, 3.63) is 12.2 Å². The second-order valence-corrected chi connectivity index (χ2v) is 7.00. The van der Waals surface area contributed by atoms with Gasteiger partial charge in [-0.15, -0.1) is 0 Å². The minimum absolute atomic E-state index is 0.149. The van der Waals surface area contributed by atoms with Gasteiger partial charge in [-0.25, -0.2) is 4.79 Å². The van der Waals surface area contributed by atoms with Crippen molar-refractivity contribution in [2.24, 2.45) is 0 Å². The number of hydrogen-bond donors (Lipinski definition) is 0. The third-order valence-corrected chi connectivity index (χ3v) is 4.88. The van der Waals surface area contributed by atoms with Gasteiger partial charge in [-0.3, -0.25) is 0 Å². The van der Waals surface area contributed by atoms with Gasteiger partial charge in [-0.05, 0) is 32.6 Å². The molecule has 0 unspecified atom stereocenters. The molecule has 0 bridgehead atoms. The largest absolute Gasteiger partial charge is 0.450 e. The Labute approximate surface area is 149 Å². The lowest BCUT2D eigenvalue weighted by Crippen LogP contribution is -2.34. The predicted molar refractivity (Wildman–Crippen MR) is 102 cm³/mol. The number of nitrogens with zero attached hydrogens (tertiary/aromatic N) is 1. The van der Waals surface area contributed by atoms with Gasteiger partial charge in [-0.1, -0.05) is 76.9 Å². The zero-order chi connectivity index (χ0) is 17.5. The highest BCUT2D eigenvalue weighted by Gasteiger charge is 2.27. The number of amides is 1. The monoisotopic (exact) mass is 337 g/mol. The second kappa shape index (κ2) is 14.4. The lowest BCUT2D eigenvalue weighted by molar-refractivity contribution is 0.108. The van der Waals surface area contributed by atoms with E-state index in [-0.39, 0.29) is 12.1 Å². The minimum Gasteiger partial charge on any atom is -0.450 e. The average Bonchev–Trinajstić information content (AvgIpc) is 3.04. The molecule has 1 aliphatic heterocycles. The molecule has 0 N–H and O–H groups in total. The van der Waals surface area contributed by atoms with E-state index in [2.05, 4.69) is 19.1 Å². The molecule has 24 heavy (non-hydrogen) atoms. The zero-order valence-corrected chi connectivity index (χ0v) is 16.1. The summed E-state index contributed by atoms with van der Waals surface area (Å²) in [5.41, 5.74) is 0. The molecule has 1 saturated heterocycles. The number of carbonyl (C=O) groups excluding carboxylic acids is 1. The van der Waals surface area contributed by atoms with Crippen LogP contribution in [0.2, 0.25) is 0 Å². The first-order chi connectivity index (χ1) is 11.8. The van der Waals surface area contributed by atoms with Crippen LogP contribution >= 0.6 is 0 Å². The Morgan fingerprint density at radius 3 is 2.25 bits per heavy atom. The van der Waals surface area contributed by atoms with Crippen LogP contribution in [0.4, 0.5) is 4.79 Å². The summed E-state index contributed by atoms with van der Waals surface area (Å²) in [5, 5.41) is 0. The average molecular weight is 338 g/mol. The van der Waals surface area contributed by atoms with E-state index in [1.165, 1.54) is 64.2 Å². The van der Waals surface area contributed by atoms with E-state index in [9.17, 15) is 4.79 Å². The molecule has 0 aromatic carbocycles. The third kappa shape index (κ3) is 9.34. The van der Waals surface area contributed by atoms with Crippen LogP contribution in [-0.2, 0) is 4.74 Å². The summed E-state index contributed by atoms with van der Waals surface area (Å²) in [6, 6.07) is 0.257. The Hall–Kier alpha value is -0.990. The number of allylic oxidation sites excluding steroid dienone is 1. The number of hydrogen-bond acceptors (Lipinski definition) is 2. The highest BCUT2D eigenvalue weighted by atomic mass is 16.6. The van der Waals surface area contributed by atoms with Crippen molar-refractivity contribution in [3.63, 3.8) is 0 Å². The van der Waals surface area contributed by atoms with Crippen LogP contribution in [0.5, 0.6) is 0 Å². The summed E-state index contributed by atoms with van der Waals surface area (Å²) >= 11 is 0. The lowest BCUT2D eigenvalue weighted by Gasteiger charge is -2.21. The summed E-state index contributed by atoms with van der Waals surface area (Å²) in [7, 11) is 0. The van der Waals surface area contributed by atoms with E-state index in [0.29, 0.717) is 6.61 Å². The fourth-order valence-corrected chi connectivity index (χ4v) is 3.43. The summed E-state index contributed by atoms with van der Waals surface area (Å²) in [6.45, 7) is 5.44. The molecular weight excluding hydrogens is 298 g/mol. The highest BCUT2D eigenvalue weighted by molar-refractivity contribution is 5.68. The van der Waals surface area contributed by atoms with Crippen molar-refractivity contribution in [1.29, 1.82) is 0 Å². The van der Waals surface area contributed by atoms with Crippen LogP contribution in [0.3, 0.4) is 0 Å². The Morgan fingerprint density at radius 1 is 1.00 bits per heavy atom. The molecule has 1 atom stereocenters. The van der Waals surface area contributed by atoms with Crippen LogP contribution in [0.25, 0.3) is 0 Å². The van der Waals surface area contributed by atoms with Crippen molar-refractivity contribution in [2.75, 3.05) is 13.2 Å². The molecule has 0 spiro atoms. The topological polar surface area (TPSA) is 29.5 Å². The smallest absolute Gasteiger partial charge is 0.410 e. The van der Waals surface area contributed by atoms with Gasteiger partial charge in [0, 0.05) is 6.54 Å². The number of likely N-dealkylation sites (tertiary alicyclic amines) is 1. The molecule has 3 heteroatoms. The van der Waals surface area contributed by atoms with Gasteiger partial charge in [0.2, 0.25) is 0 Å². The van der Waals surface area contributed by atoms with Crippen LogP contribution < -0.4 is 0 Å². The van der Waals surface area contributed by atoms with E-state index >= 15 is 0 Å². The van der Waals surface area contributed by atoms with E-state index < -0.39 is 0 Å². The molecule has 0 aromatic heterocycles. The summed E-state index contributed by atoms with van der Waals surface area (Å²) in [5.74, 6) is 0. The quantitative estimate of drug-likeness (QED) is 0.284. The molecule has 0 saturated carbocycles. The molecule has 1 aliphatic rings.